The van der Waals surface area contributed by atoms with Gasteiger partial charge in [0.15, 0.2) is 0 Å². The van der Waals surface area contributed by atoms with E-state index in [-0.39, 0.29) is 0 Å². The molecule has 1 rings (SSSR count). The summed E-state index contributed by atoms with van der Waals surface area (Å²) in [5.41, 5.74) is 0. The lowest BCUT2D eigenvalue weighted by molar-refractivity contribution is 0.0713. The topological polar surface area (TPSA) is 24.5 Å². The molecule has 1 saturated heterocycles. The Hall–Kier alpha value is -0.120. The van der Waals surface area contributed by atoms with E-state index in [0.29, 0.717) is 12.1 Å². The average molecular weight is 200 g/mol. The van der Waals surface area contributed by atoms with E-state index in [2.05, 4.69) is 31.0 Å². The second-order valence-electron chi connectivity index (χ2n) is 4.06. The highest BCUT2D eigenvalue weighted by Gasteiger charge is 2.23. The Labute approximate surface area is 87.8 Å². The zero-order valence-corrected chi connectivity index (χ0v) is 9.75. The van der Waals surface area contributed by atoms with Crippen molar-refractivity contribution >= 4 is 0 Å². The van der Waals surface area contributed by atoms with Crippen molar-refractivity contribution in [3.63, 3.8) is 0 Å². The van der Waals surface area contributed by atoms with Gasteiger partial charge >= 0.3 is 0 Å². The number of nitrogens with zero attached hydrogens (tertiary/aromatic N) is 1. The standard InChI is InChI=1S/C11H24N2O/c1-4-11-8-12-10(3)9-13(11)6-7-14-5-2/h10-12H,4-9H2,1-3H3. The monoisotopic (exact) mass is 200 g/mol. The van der Waals surface area contributed by atoms with Gasteiger partial charge in [-0.3, -0.25) is 4.90 Å². The van der Waals surface area contributed by atoms with Crippen LogP contribution in [0.2, 0.25) is 0 Å². The van der Waals surface area contributed by atoms with Crippen LogP contribution in [-0.4, -0.2) is 49.8 Å². The number of rotatable bonds is 5. The summed E-state index contributed by atoms with van der Waals surface area (Å²) in [5.74, 6) is 0. The van der Waals surface area contributed by atoms with Crippen LogP contribution in [-0.2, 0) is 4.74 Å². The molecule has 1 N–H and O–H groups in total. The molecule has 1 heterocycles. The summed E-state index contributed by atoms with van der Waals surface area (Å²) >= 11 is 0. The Kier molecular flexibility index (Phi) is 5.45. The number of piperazine rings is 1. The van der Waals surface area contributed by atoms with Gasteiger partial charge in [0, 0.05) is 38.3 Å². The third-order valence-electron chi connectivity index (χ3n) is 2.92. The number of hydrogen-bond donors (Lipinski definition) is 1. The largest absolute Gasteiger partial charge is 0.380 e. The lowest BCUT2D eigenvalue weighted by Gasteiger charge is -2.38. The van der Waals surface area contributed by atoms with E-state index in [4.69, 9.17) is 4.74 Å². The molecule has 0 radical (unpaired) electrons. The summed E-state index contributed by atoms with van der Waals surface area (Å²) in [6, 6.07) is 1.33. The van der Waals surface area contributed by atoms with E-state index >= 15 is 0 Å². The normalized spacial score (nSPS) is 29.4. The van der Waals surface area contributed by atoms with Crippen LogP contribution >= 0.6 is 0 Å². The molecule has 2 unspecified atom stereocenters. The van der Waals surface area contributed by atoms with Crippen LogP contribution in [0.25, 0.3) is 0 Å². The van der Waals surface area contributed by atoms with E-state index in [1.807, 2.05) is 0 Å². The van der Waals surface area contributed by atoms with Crippen molar-refractivity contribution < 1.29 is 4.74 Å². The quantitative estimate of drug-likeness (QED) is 0.673. The Morgan fingerprint density at radius 2 is 2.21 bits per heavy atom. The molecule has 0 amide bonds. The fraction of sp³-hybridized carbons (Fsp3) is 1.00. The first-order valence-corrected chi connectivity index (χ1v) is 5.83. The van der Waals surface area contributed by atoms with Gasteiger partial charge in [0.05, 0.1) is 6.61 Å². The van der Waals surface area contributed by atoms with Gasteiger partial charge in [-0.2, -0.15) is 0 Å². The molecule has 0 aromatic carbocycles. The molecule has 1 fully saturated rings. The van der Waals surface area contributed by atoms with E-state index in [1.165, 1.54) is 6.42 Å². The summed E-state index contributed by atoms with van der Waals surface area (Å²) in [6.07, 6.45) is 1.23. The molecule has 0 spiro atoms. The van der Waals surface area contributed by atoms with Gasteiger partial charge in [0.2, 0.25) is 0 Å². The molecule has 0 bridgehead atoms. The summed E-state index contributed by atoms with van der Waals surface area (Å²) in [7, 11) is 0. The van der Waals surface area contributed by atoms with Gasteiger partial charge in [0.1, 0.15) is 0 Å². The molecule has 14 heavy (non-hydrogen) atoms. The summed E-state index contributed by atoms with van der Waals surface area (Å²) < 4.78 is 5.40. The molecule has 1 aliphatic rings. The van der Waals surface area contributed by atoms with Gasteiger partial charge in [-0.1, -0.05) is 6.92 Å². The lowest BCUT2D eigenvalue weighted by atomic mass is 10.1. The molecule has 2 atom stereocenters. The van der Waals surface area contributed by atoms with E-state index < -0.39 is 0 Å². The first-order valence-electron chi connectivity index (χ1n) is 5.83. The zero-order valence-electron chi connectivity index (χ0n) is 9.75. The molecule has 1 aliphatic heterocycles. The van der Waals surface area contributed by atoms with Crippen molar-refractivity contribution in [2.45, 2.75) is 39.3 Å². The van der Waals surface area contributed by atoms with Crippen molar-refractivity contribution in [1.82, 2.24) is 10.2 Å². The third kappa shape index (κ3) is 3.56. The van der Waals surface area contributed by atoms with E-state index in [1.54, 1.807) is 0 Å². The van der Waals surface area contributed by atoms with Gasteiger partial charge in [-0.15, -0.1) is 0 Å². The van der Waals surface area contributed by atoms with Crippen LogP contribution in [0.3, 0.4) is 0 Å². The van der Waals surface area contributed by atoms with Crippen LogP contribution in [0.1, 0.15) is 27.2 Å². The van der Waals surface area contributed by atoms with Crippen LogP contribution in [0.15, 0.2) is 0 Å². The molecule has 0 aromatic rings. The van der Waals surface area contributed by atoms with Crippen molar-refractivity contribution in [2.24, 2.45) is 0 Å². The summed E-state index contributed by atoms with van der Waals surface area (Å²) in [4.78, 5) is 2.55. The second kappa shape index (κ2) is 6.38. The van der Waals surface area contributed by atoms with Crippen molar-refractivity contribution in [3.05, 3.63) is 0 Å². The number of nitrogens with one attached hydrogen (secondary N) is 1. The van der Waals surface area contributed by atoms with Crippen LogP contribution in [0.5, 0.6) is 0 Å². The number of hydrogen-bond acceptors (Lipinski definition) is 3. The maximum atomic E-state index is 5.40. The fourth-order valence-electron chi connectivity index (χ4n) is 2.03. The maximum Gasteiger partial charge on any atom is 0.0593 e. The Bertz CT molecular complexity index is 152. The number of ether oxygens (including phenoxy) is 1. The van der Waals surface area contributed by atoms with E-state index in [9.17, 15) is 0 Å². The fourth-order valence-corrected chi connectivity index (χ4v) is 2.03. The van der Waals surface area contributed by atoms with Gasteiger partial charge in [0.25, 0.3) is 0 Å². The second-order valence-corrected chi connectivity index (χ2v) is 4.06. The maximum absolute atomic E-state index is 5.40. The van der Waals surface area contributed by atoms with Gasteiger partial charge < -0.3 is 10.1 Å². The third-order valence-corrected chi connectivity index (χ3v) is 2.92. The van der Waals surface area contributed by atoms with Crippen molar-refractivity contribution in [3.8, 4) is 0 Å². The predicted octanol–water partition coefficient (Wildman–Crippen LogP) is 1.10. The SMILES string of the molecule is CCOCCN1CC(C)NCC1CC. The molecule has 0 aliphatic carbocycles. The predicted molar refractivity (Wildman–Crippen MR) is 59.6 cm³/mol. The molecule has 0 aromatic heterocycles. The van der Waals surface area contributed by atoms with Crippen LogP contribution in [0, 0.1) is 0 Å². The highest BCUT2D eigenvalue weighted by Crippen LogP contribution is 2.09. The zero-order chi connectivity index (χ0) is 10.4. The van der Waals surface area contributed by atoms with Crippen LogP contribution in [0.4, 0.5) is 0 Å². The molecule has 0 saturated carbocycles. The van der Waals surface area contributed by atoms with Crippen molar-refractivity contribution in [2.75, 3.05) is 32.8 Å². The van der Waals surface area contributed by atoms with E-state index in [0.717, 1.165) is 32.8 Å². The minimum absolute atomic E-state index is 0.624. The summed E-state index contributed by atoms with van der Waals surface area (Å²) in [6.45, 7) is 11.6. The van der Waals surface area contributed by atoms with Crippen LogP contribution < -0.4 is 5.32 Å². The highest BCUT2D eigenvalue weighted by molar-refractivity contribution is 4.82. The first-order chi connectivity index (χ1) is 6.77. The average Bonchev–Trinajstić information content (AvgIpc) is 2.19. The minimum atomic E-state index is 0.624. The summed E-state index contributed by atoms with van der Waals surface area (Å²) in [5, 5.41) is 3.52. The minimum Gasteiger partial charge on any atom is -0.380 e. The van der Waals surface area contributed by atoms with Gasteiger partial charge in [-0.05, 0) is 20.3 Å². The Morgan fingerprint density at radius 1 is 1.43 bits per heavy atom. The molecular formula is C11H24N2O. The Balaban J connectivity index is 2.29. The molecule has 3 nitrogen and oxygen atoms in total. The Morgan fingerprint density at radius 3 is 2.86 bits per heavy atom. The van der Waals surface area contributed by atoms with Gasteiger partial charge in [-0.25, -0.2) is 0 Å². The molecule has 84 valence electrons. The molecular weight excluding hydrogens is 176 g/mol. The smallest absolute Gasteiger partial charge is 0.0593 e. The first kappa shape index (κ1) is 12.0. The highest BCUT2D eigenvalue weighted by atomic mass is 16.5. The van der Waals surface area contributed by atoms with Crippen molar-refractivity contribution in [1.29, 1.82) is 0 Å². The molecule has 3 heteroatoms. The lowest BCUT2D eigenvalue weighted by Crippen LogP contribution is -2.55.